The monoisotopic (exact) mass is 289 g/mol. The third kappa shape index (κ3) is 3.44. The Morgan fingerprint density at radius 3 is 2.38 bits per heavy atom. The van der Waals surface area contributed by atoms with Crippen LogP contribution in [0, 0.1) is 0 Å². The molecule has 0 radical (unpaired) electrons. The third-order valence-electron chi connectivity index (χ3n) is 4.53. The van der Waals surface area contributed by atoms with E-state index < -0.39 is 0 Å². The maximum atomic E-state index is 12.8. The molecule has 1 aliphatic heterocycles. The second-order valence-corrected chi connectivity index (χ2v) is 6.13. The van der Waals surface area contributed by atoms with E-state index in [4.69, 9.17) is 5.73 Å². The predicted molar refractivity (Wildman–Crippen MR) is 86.2 cm³/mol. The van der Waals surface area contributed by atoms with E-state index in [0.717, 1.165) is 51.0 Å². The van der Waals surface area contributed by atoms with E-state index in [1.54, 1.807) is 4.90 Å². The van der Waals surface area contributed by atoms with Gasteiger partial charge >= 0.3 is 0 Å². The zero-order chi connectivity index (χ0) is 15.3. The first-order valence-electron chi connectivity index (χ1n) is 7.80. The molecule has 1 fully saturated rings. The lowest BCUT2D eigenvalue weighted by molar-refractivity contribution is -0.136. The summed E-state index contributed by atoms with van der Waals surface area (Å²) in [4.78, 5) is 17.0. The van der Waals surface area contributed by atoms with Gasteiger partial charge in [0.25, 0.3) is 0 Å². The number of likely N-dealkylation sites (tertiary alicyclic amines) is 1. The van der Waals surface area contributed by atoms with Crippen molar-refractivity contribution in [1.29, 1.82) is 0 Å². The van der Waals surface area contributed by atoms with Crippen LogP contribution >= 0.6 is 0 Å². The molecule has 2 rings (SSSR count). The van der Waals surface area contributed by atoms with E-state index in [2.05, 4.69) is 17.0 Å². The number of hydrogen-bond acceptors (Lipinski definition) is 3. The Bertz CT molecular complexity index is 450. The Hall–Kier alpha value is -1.39. The summed E-state index contributed by atoms with van der Waals surface area (Å²) in [5.41, 5.74) is 6.39. The Kier molecular flexibility index (Phi) is 5.37. The van der Waals surface area contributed by atoms with Crippen LogP contribution in [0.4, 0.5) is 0 Å². The zero-order valence-corrected chi connectivity index (χ0v) is 13.2. The molecule has 1 aromatic carbocycles. The molecule has 0 bridgehead atoms. The molecule has 2 N–H and O–H groups in total. The van der Waals surface area contributed by atoms with Crippen LogP contribution < -0.4 is 5.73 Å². The quantitative estimate of drug-likeness (QED) is 0.893. The fourth-order valence-corrected chi connectivity index (χ4v) is 3.28. The van der Waals surface area contributed by atoms with Gasteiger partial charge in [0.15, 0.2) is 0 Å². The third-order valence-corrected chi connectivity index (χ3v) is 4.53. The smallest absolute Gasteiger partial charge is 0.232 e. The van der Waals surface area contributed by atoms with Gasteiger partial charge in [0.05, 0.1) is 5.41 Å². The molecule has 0 saturated carbocycles. The highest BCUT2D eigenvalue weighted by Gasteiger charge is 2.43. The summed E-state index contributed by atoms with van der Waals surface area (Å²) in [6, 6.07) is 10.3. The summed E-state index contributed by atoms with van der Waals surface area (Å²) in [5.74, 6) is 0.229. The topological polar surface area (TPSA) is 49.6 Å². The van der Waals surface area contributed by atoms with Crippen LogP contribution in [-0.2, 0) is 10.2 Å². The lowest BCUT2D eigenvalue weighted by Crippen LogP contribution is -2.51. The van der Waals surface area contributed by atoms with Crippen molar-refractivity contribution in [1.82, 2.24) is 9.80 Å². The number of rotatable bonds is 5. The number of benzene rings is 1. The second kappa shape index (κ2) is 7.05. The van der Waals surface area contributed by atoms with Gasteiger partial charge in [-0.3, -0.25) is 4.79 Å². The molecule has 1 heterocycles. The molecular formula is C17H27N3O. The number of carbonyl (C=O) groups is 1. The van der Waals surface area contributed by atoms with Gasteiger partial charge in [0.2, 0.25) is 5.91 Å². The number of nitrogens with zero attached hydrogens (tertiary/aromatic N) is 2. The summed E-state index contributed by atoms with van der Waals surface area (Å²) >= 11 is 0. The fraction of sp³-hybridized carbons (Fsp3) is 0.588. The van der Waals surface area contributed by atoms with Gasteiger partial charge in [-0.1, -0.05) is 30.3 Å². The molecular weight excluding hydrogens is 262 g/mol. The maximum Gasteiger partial charge on any atom is 0.232 e. The minimum absolute atomic E-state index is 0.229. The van der Waals surface area contributed by atoms with Crippen molar-refractivity contribution in [2.24, 2.45) is 5.73 Å². The summed E-state index contributed by atoms with van der Waals surface area (Å²) in [7, 11) is 3.71. The van der Waals surface area contributed by atoms with Gasteiger partial charge in [-0.05, 0) is 51.0 Å². The van der Waals surface area contributed by atoms with Gasteiger partial charge in [-0.25, -0.2) is 0 Å². The average molecular weight is 289 g/mol. The van der Waals surface area contributed by atoms with E-state index in [1.807, 2.05) is 32.3 Å². The molecule has 21 heavy (non-hydrogen) atoms. The van der Waals surface area contributed by atoms with Crippen molar-refractivity contribution >= 4 is 5.91 Å². The van der Waals surface area contributed by atoms with Crippen molar-refractivity contribution in [3.63, 3.8) is 0 Å². The summed E-state index contributed by atoms with van der Waals surface area (Å²) in [6.45, 7) is 3.71. The molecule has 0 unspecified atom stereocenters. The van der Waals surface area contributed by atoms with Crippen LogP contribution in [0.2, 0.25) is 0 Å². The Morgan fingerprint density at radius 2 is 1.86 bits per heavy atom. The van der Waals surface area contributed by atoms with Crippen LogP contribution in [-0.4, -0.2) is 56.0 Å². The highest BCUT2D eigenvalue weighted by Crippen LogP contribution is 2.37. The first-order valence-corrected chi connectivity index (χ1v) is 7.80. The van der Waals surface area contributed by atoms with E-state index in [-0.39, 0.29) is 11.3 Å². The first-order chi connectivity index (χ1) is 10.1. The van der Waals surface area contributed by atoms with Gasteiger partial charge in [-0.15, -0.1) is 0 Å². The summed E-state index contributed by atoms with van der Waals surface area (Å²) in [6.07, 6.45) is 2.80. The molecule has 1 aromatic rings. The summed E-state index contributed by atoms with van der Waals surface area (Å²) < 4.78 is 0. The van der Waals surface area contributed by atoms with Gasteiger partial charge in [0, 0.05) is 14.1 Å². The highest BCUT2D eigenvalue weighted by molar-refractivity contribution is 5.88. The maximum absolute atomic E-state index is 12.8. The standard InChI is InChI=1S/C17H27N3O/c1-19(2)16(21)17(15-7-4-3-5-8-15)9-13-20(14-10-17)12-6-11-18/h3-5,7-8H,6,9-14,18H2,1-2H3. The molecule has 1 saturated heterocycles. The predicted octanol–water partition coefficient (Wildman–Crippen LogP) is 1.46. The molecule has 0 aliphatic carbocycles. The van der Waals surface area contributed by atoms with E-state index in [1.165, 1.54) is 0 Å². The van der Waals surface area contributed by atoms with Gasteiger partial charge in [0.1, 0.15) is 0 Å². The molecule has 1 aliphatic rings. The van der Waals surface area contributed by atoms with Crippen molar-refractivity contribution in [3.05, 3.63) is 35.9 Å². The Balaban J connectivity index is 2.19. The molecule has 116 valence electrons. The minimum Gasteiger partial charge on any atom is -0.348 e. The molecule has 4 nitrogen and oxygen atoms in total. The Labute approximate surface area is 127 Å². The van der Waals surface area contributed by atoms with Crippen molar-refractivity contribution in [2.75, 3.05) is 40.3 Å². The number of nitrogens with two attached hydrogens (primary N) is 1. The van der Waals surface area contributed by atoms with Crippen molar-refractivity contribution in [3.8, 4) is 0 Å². The minimum atomic E-state index is -0.357. The number of likely N-dealkylation sites (N-methyl/N-ethyl adjacent to an activating group) is 1. The summed E-state index contributed by atoms with van der Waals surface area (Å²) in [5, 5.41) is 0. The molecule has 0 aromatic heterocycles. The molecule has 4 heteroatoms. The second-order valence-electron chi connectivity index (χ2n) is 6.13. The fourth-order valence-electron chi connectivity index (χ4n) is 3.28. The molecule has 1 amide bonds. The lowest BCUT2D eigenvalue weighted by atomic mass is 9.71. The largest absolute Gasteiger partial charge is 0.348 e. The SMILES string of the molecule is CN(C)C(=O)C1(c2ccccc2)CCN(CCCN)CC1. The zero-order valence-electron chi connectivity index (χ0n) is 13.2. The molecule has 0 atom stereocenters. The van der Waals surface area contributed by atoms with Gasteiger partial charge < -0.3 is 15.5 Å². The van der Waals surface area contributed by atoms with Gasteiger partial charge in [-0.2, -0.15) is 0 Å². The van der Waals surface area contributed by atoms with E-state index in [0.29, 0.717) is 0 Å². The van der Waals surface area contributed by atoms with Crippen LogP contribution in [0.25, 0.3) is 0 Å². The van der Waals surface area contributed by atoms with E-state index >= 15 is 0 Å². The van der Waals surface area contributed by atoms with Crippen LogP contribution in [0.15, 0.2) is 30.3 Å². The van der Waals surface area contributed by atoms with Crippen LogP contribution in [0.1, 0.15) is 24.8 Å². The van der Waals surface area contributed by atoms with Crippen molar-refractivity contribution < 1.29 is 4.79 Å². The highest BCUT2D eigenvalue weighted by atomic mass is 16.2. The number of hydrogen-bond donors (Lipinski definition) is 1. The molecule has 0 spiro atoms. The van der Waals surface area contributed by atoms with Crippen LogP contribution in [0.3, 0.4) is 0 Å². The van der Waals surface area contributed by atoms with Crippen molar-refractivity contribution in [2.45, 2.75) is 24.7 Å². The Morgan fingerprint density at radius 1 is 1.24 bits per heavy atom. The number of piperidine rings is 1. The normalized spacial score (nSPS) is 18.4. The van der Waals surface area contributed by atoms with Crippen LogP contribution in [0.5, 0.6) is 0 Å². The number of amides is 1. The lowest BCUT2D eigenvalue weighted by Gasteiger charge is -2.42. The van der Waals surface area contributed by atoms with E-state index in [9.17, 15) is 4.79 Å². The first kappa shape index (κ1) is 16.0. The number of carbonyl (C=O) groups excluding carboxylic acids is 1. The average Bonchev–Trinajstić information content (AvgIpc) is 2.53.